The predicted molar refractivity (Wildman–Crippen MR) is 40.0 cm³/mol. The monoisotopic (exact) mass is 350 g/mol. The van der Waals surface area contributed by atoms with E-state index in [-0.39, 0.29) is 0 Å². The third kappa shape index (κ3) is 4.10. The van der Waals surface area contributed by atoms with Crippen LogP contribution in [0.3, 0.4) is 0 Å². The molecule has 0 unspecified atom stereocenters. The van der Waals surface area contributed by atoms with Crippen LogP contribution in [-0.4, -0.2) is 4.89 Å². The summed E-state index contributed by atoms with van der Waals surface area (Å²) in [7, 11) is -3.68. The Morgan fingerprint density at radius 2 is 1.71 bits per heavy atom. The van der Waals surface area contributed by atoms with E-state index in [1.54, 1.807) is 0 Å². The molecule has 7 heavy (non-hydrogen) atoms. The normalized spacial score (nSPS) is 11.9. The minimum Gasteiger partial charge on any atom is -0.301 e. The van der Waals surface area contributed by atoms with Crippen molar-refractivity contribution in [1.29, 1.82) is 0 Å². The van der Waals surface area contributed by atoms with Crippen molar-refractivity contribution in [2.24, 2.45) is 0 Å². The number of phosphoric acid groups is 1. The molecule has 0 aromatic carbocycles. The molecule has 0 bridgehead atoms. The second-order valence-corrected chi connectivity index (χ2v) is 4.18. The average Bonchev–Trinajstić information content (AvgIpc) is 1.68. The van der Waals surface area contributed by atoms with Gasteiger partial charge in [0.1, 0.15) is 46.0 Å². The maximum Gasteiger partial charge on any atom is 0.491 e. The molecule has 0 aromatic heterocycles. The standard InChI is InChI=1S/HI2O4P/c1-5-7(3,4)6-2/h(H,3,4). The summed E-state index contributed by atoms with van der Waals surface area (Å²) < 4.78 is 17.9. The number of rotatable bonds is 2. The van der Waals surface area contributed by atoms with Crippen molar-refractivity contribution in [2.75, 3.05) is 0 Å². The molecular weight excluding hydrogens is 349 g/mol. The summed E-state index contributed by atoms with van der Waals surface area (Å²) in [6.07, 6.45) is 0. The molecule has 0 rings (SSSR count). The van der Waals surface area contributed by atoms with E-state index in [9.17, 15) is 4.57 Å². The van der Waals surface area contributed by atoms with Crippen molar-refractivity contribution in [3.05, 3.63) is 0 Å². The summed E-state index contributed by atoms with van der Waals surface area (Å²) in [4.78, 5) is 8.23. The van der Waals surface area contributed by atoms with Gasteiger partial charge in [0.2, 0.25) is 0 Å². The van der Waals surface area contributed by atoms with E-state index in [1.807, 2.05) is 0 Å². The zero-order valence-electron chi connectivity index (χ0n) is 2.88. The van der Waals surface area contributed by atoms with E-state index in [4.69, 9.17) is 4.89 Å². The van der Waals surface area contributed by atoms with Crippen LogP contribution < -0.4 is 0 Å². The highest BCUT2D eigenvalue weighted by Gasteiger charge is 2.17. The fraction of sp³-hybridized carbons (Fsp3) is 0. The lowest BCUT2D eigenvalue weighted by Crippen LogP contribution is -1.72. The Kier molecular flexibility index (Phi) is 4.37. The maximum atomic E-state index is 10.0. The van der Waals surface area contributed by atoms with Gasteiger partial charge in [0.25, 0.3) is 0 Å². The first-order valence-electron chi connectivity index (χ1n) is 1.06. The van der Waals surface area contributed by atoms with Crippen LogP contribution in [0.2, 0.25) is 0 Å². The zero-order valence-corrected chi connectivity index (χ0v) is 8.08. The van der Waals surface area contributed by atoms with Gasteiger partial charge in [-0.15, -0.1) is 0 Å². The van der Waals surface area contributed by atoms with Crippen LogP contribution in [-0.2, 0) is 10.3 Å². The smallest absolute Gasteiger partial charge is 0.301 e. The summed E-state index contributed by atoms with van der Waals surface area (Å²) in [5.74, 6) is 0. The van der Waals surface area contributed by atoms with Gasteiger partial charge in [-0.05, 0) is 0 Å². The topological polar surface area (TPSA) is 55.8 Å². The van der Waals surface area contributed by atoms with E-state index >= 15 is 0 Å². The second-order valence-electron chi connectivity index (χ2n) is 0.607. The highest BCUT2D eigenvalue weighted by atomic mass is 127. The van der Waals surface area contributed by atoms with Gasteiger partial charge in [-0.25, -0.2) is 10.3 Å². The van der Waals surface area contributed by atoms with Gasteiger partial charge in [-0.2, -0.15) is 0 Å². The van der Waals surface area contributed by atoms with Crippen molar-refractivity contribution in [3.63, 3.8) is 0 Å². The van der Waals surface area contributed by atoms with E-state index in [0.717, 1.165) is 0 Å². The molecule has 0 aliphatic heterocycles. The van der Waals surface area contributed by atoms with Gasteiger partial charge in [-0.3, -0.25) is 0 Å². The molecule has 0 radical (unpaired) electrons. The molecule has 0 saturated carbocycles. The third-order valence-electron chi connectivity index (χ3n) is 0.174. The number of halogens is 2. The molecule has 0 aromatic rings. The van der Waals surface area contributed by atoms with Crippen LogP contribution in [0.1, 0.15) is 0 Å². The molecule has 0 atom stereocenters. The molecule has 0 spiro atoms. The first kappa shape index (κ1) is 8.57. The molecule has 0 aliphatic carbocycles. The fourth-order valence-corrected chi connectivity index (χ4v) is 1.44. The zero-order chi connectivity index (χ0) is 5.91. The van der Waals surface area contributed by atoms with Crippen LogP contribution in [0.5, 0.6) is 0 Å². The van der Waals surface area contributed by atoms with Gasteiger partial charge >= 0.3 is 7.82 Å². The van der Waals surface area contributed by atoms with Gasteiger partial charge in [0.15, 0.2) is 0 Å². The van der Waals surface area contributed by atoms with Crippen molar-refractivity contribution < 1.29 is 15.2 Å². The minimum absolute atomic E-state index is 1.29. The Hall–Kier alpha value is 1.57. The lowest BCUT2D eigenvalue weighted by molar-refractivity contribution is 0.349. The summed E-state index contributed by atoms with van der Waals surface area (Å²) in [6, 6.07) is 0. The van der Waals surface area contributed by atoms with E-state index in [2.05, 4.69) is 5.71 Å². The first-order chi connectivity index (χ1) is 3.12. The quantitative estimate of drug-likeness (QED) is 0.610. The van der Waals surface area contributed by atoms with Gasteiger partial charge in [0.05, 0.1) is 0 Å². The van der Waals surface area contributed by atoms with Crippen molar-refractivity contribution >= 4 is 53.8 Å². The molecule has 1 N–H and O–H groups in total. The van der Waals surface area contributed by atoms with Crippen LogP contribution >= 0.6 is 53.8 Å². The SMILES string of the molecule is O=P(O)(OI)OI. The van der Waals surface area contributed by atoms with Crippen molar-refractivity contribution in [2.45, 2.75) is 0 Å². The van der Waals surface area contributed by atoms with Crippen molar-refractivity contribution in [3.8, 4) is 0 Å². The summed E-state index contributed by atoms with van der Waals surface area (Å²) in [5.41, 5.74) is 0. The highest BCUT2D eigenvalue weighted by molar-refractivity contribution is 14.1. The Morgan fingerprint density at radius 1 is 1.43 bits per heavy atom. The van der Waals surface area contributed by atoms with E-state index in [1.165, 1.54) is 46.0 Å². The molecule has 0 fully saturated rings. The fourth-order valence-electron chi connectivity index (χ4n) is 0.0106. The molecule has 0 amide bonds. The molecule has 44 valence electrons. The van der Waals surface area contributed by atoms with E-state index in [0.29, 0.717) is 0 Å². The lowest BCUT2D eigenvalue weighted by atomic mass is 15.8. The van der Waals surface area contributed by atoms with E-state index < -0.39 is 7.82 Å². The molecule has 0 saturated heterocycles. The van der Waals surface area contributed by atoms with Crippen molar-refractivity contribution in [1.82, 2.24) is 0 Å². The Balaban J connectivity index is 3.61. The molecular formula is HI2O4P. The Bertz CT molecular complexity index is 81.7. The van der Waals surface area contributed by atoms with Crippen LogP contribution in [0, 0.1) is 0 Å². The predicted octanol–water partition coefficient (Wildman–Crippen LogP) is 1.82. The second kappa shape index (κ2) is 3.57. The third-order valence-corrected chi connectivity index (χ3v) is 3.51. The van der Waals surface area contributed by atoms with Gasteiger partial charge in [-0.1, -0.05) is 0 Å². The van der Waals surface area contributed by atoms with Crippen LogP contribution in [0.15, 0.2) is 0 Å². The summed E-state index contributed by atoms with van der Waals surface area (Å²) in [5, 5.41) is 0. The molecule has 4 nitrogen and oxygen atoms in total. The van der Waals surface area contributed by atoms with Crippen LogP contribution in [0.25, 0.3) is 0 Å². The highest BCUT2D eigenvalue weighted by Crippen LogP contribution is 2.47. The summed E-state index contributed by atoms with van der Waals surface area (Å²) in [6.45, 7) is 0. The molecule has 0 heterocycles. The molecule has 0 aliphatic rings. The Labute approximate surface area is 68.6 Å². The Morgan fingerprint density at radius 3 is 1.71 bits per heavy atom. The number of hydrogen-bond donors (Lipinski definition) is 1. The van der Waals surface area contributed by atoms with Gasteiger partial charge < -0.3 is 4.89 Å². The first-order valence-corrected chi connectivity index (χ1v) is 4.31. The molecule has 7 heteroatoms. The maximum absolute atomic E-state index is 10.0. The minimum atomic E-state index is -3.68. The lowest BCUT2D eigenvalue weighted by Gasteiger charge is -1.97. The average molecular weight is 350 g/mol. The van der Waals surface area contributed by atoms with Crippen LogP contribution in [0.4, 0.5) is 0 Å². The van der Waals surface area contributed by atoms with Gasteiger partial charge in [0, 0.05) is 0 Å². The number of hydrogen-bond acceptors (Lipinski definition) is 3. The largest absolute Gasteiger partial charge is 0.491 e. The summed E-state index contributed by atoms with van der Waals surface area (Å²) >= 11 is 2.57.